The van der Waals surface area contributed by atoms with E-state index in [1.807, 2.05) is 42.5 Å². The van der Waals surface area contributed by atoms with Crippen molar-refractivity contribution in [2.45, 2.75) is 13.8 Å². The van der Waals surface area contributed by atoms with Gasteiger partial charge >= 0.3 is 0 Å². The zero-order valence-electron chi connectivity index (χ0n) is 33.8. The van der Waals surface area contributed by atoms with Crippen LogP contribution in [0.1, 0.15) is 30.8 Å². The molecule has 0 amide bonds. The van der Waals surface area contributed by atoms with E-state index in [9.17, 15) is 0 Å². The third-order valence-electron chi connectivity index (χ3n) is 11.1. The standard InChI is InChI=1S/C57H43N3/c1-5-19-44-37-54(52-29-18-15-26-49(52)47(44)6-2)46(34-38(3)53-36-45-24-13-14-25-48(45)50-27-16-17-28-51(50)53)35-39(4)55-58-56(42-22-11-8-12-23-42)60-57(59-55)43-32-30-41(31-33-43)40-20-9-7-10-21-40/h5-37H,1,3H2,2,4H3/b39-35+,44-19-,46-34+,47-6+. The average molecular weight is 770 g/mol. The Kier molecular flexibility index (Phi) is 10.5. The molecule has 0 radical (unpaired) electrons. The van der Waals surface area contributed by atoms with Crippen LogP contribution in [0.25, 0.3) is 95.1 Å². The van der Waals surface area contributed by atoms with Gasteiger partial charge < -0.3 is 0 Å². The number of fused-ring (bicyclic) bond motifs is 4. The SMILES string of the molecule is C=C/C=c1/cc(C(/C=C(\C)c2nc(-c3ccccc3)nc(-c3ccc(-c4ccccc4)cc3)n2)=C/C(=C)c2cc3ccccc3c3ccccc23)c2ccccc2/c1=C/C. The summed E-state index contributed by atoms with van der Waals surface area (Å²) < 4.78 is 0. The first kappa shape index (κ1) is 37.8. The monoisotopic (exact) mass is 769 g/mol. The maximum absolute atomic E-state index is 5.16. The lowest BCUT2D eigenvalue weighted by Crippen LogP contribution is -2.25. The van der Waals surface area contributed by atoms with Gasteiger partial charge in [0, 0.05) is 11.1 Å². The van der Waals surface area contributed by atoms with Gasteiger partial charge in [0.15, 0.2) is 17.5 Å². The Labute approximate surface area is 351 Å². The predicted molar refractivity (Wildman–Crippen MR) is 256 cm³/mol. The molecule has 0 aliphatic heterocycles. The second kappa shape index (κ2) is 16.6. The summed E-state index contributed by atoms with van der Waals surface area (Å²) in [4.78, 5) is 15.3. The number of nitrogens with zero attached hydrogens (tertiary/aromatic N) is 3. The lowest BCUT2D eigenvalue weighted by atomic mass is 9.90. The fourth-order valence-electron chi connectivity index (χ4n) is 8.17. The van der Waals surface area contributed by atoms with Crippen LogP contribution < -0.4 is 10.4 Å². The highest BCUT2D eigenvalue weighted by Crippen LogP contribution is 2.36. The minimum absolute atomic E-state index is 0.597. The molecule has 0 unspecified atom stereocenters. The first-order valence-corrected chi connectivity index (χ1v) is 20.3. The summed E-state index contributed by atoms with van der Waals surface area (Å²) in [6.07, 6.45) is 10.5. The topological polar surface area (TPSA) is 38.7 Å². The van der Waals surface area contributed by atoms with Crippen molar-refractivity contribution >= 4 is 61.2 Å². The highest BCUT2D eigenvalue weighted by atomic mass is 15.0. The van der Waals surface area contributed by atoms with Gasteiger partial charge in [-0.3, -0.25) is 0 Å². The van der Waals surface area contributed by atoms with Crippen molar-refractivity contribution in [2.24, 2.45) is 0 Å². The molecule has 1 heterocycles. The van der Waals surface area contributed by atoms with Gasteiger partial charge in [-0.15, -0.1) is 0 Å². The second-order valence-electron chi connectivity index (χ2n) is 14.9. The highest BCUT2D eigenvalue weighted by Gasteiger charge is 2.16. The molecule has 9 rings (SSSR count). The van der Waals surface area contributed by atoms with Crippen LogP contribution in [0.15, 0.2) is 201 Å². The van der Waals surface area contributed by atoms with E-state index in [-0.39, 0.29) is 0 Å². The Morgan fingerprint density at radius 2 is 1.02 bits per heavy atom. The molecule has 0 N–H and O–H groups in total. The molecule has 0 saturated heterocycles. The second-order valence-corrected chi connectivity index (χ2v) is 14.9. The van der Waals surface area contributed by atoms with E-state index in [0.717, 1.165) is 71.5 Å². The minimum Gasteiger partial charge on any atom is -0.209 e. The molecule has 286 valence electrons. The van der Waals surface area contributed by atoms with Gasteiger partial charge in [-0.2, -0.15) is 0 Å². The van der Waals surface area contributed by atoms with Gasteiger partial charge in [0.1, 0.15) is 0 Å². The van der Waals surface area contributed by atoms with E-state index in [4.69, 9.17) is 21.5 Å². The van der Waals surface area contributed by atoms with Crippen LogP contribution in [-0.2, 0) is 0 Å². The molecule has 0 fully saturated rings. The van der Waals surface area contributed by atoms with Crippen molar-refractivity contribution < 1.29 is 0 Å². The molecule has 3 heteroatoms. The van der Waals surface area contributed by atoms with E-state index in [1.54, 1.807) is 0 Å². The van der Waals surface area contributed by atoms with Gasteiger partial charge in [0.2, 0.25) is 0 Å². The van der Waals surface area contributed by atoms with E-state index < -0.39 is 0 Å². The Hall–Kier alpha value is -7.75. The van der Waals surface area contributed by atoms with Crippen molar-refractivity contribution in [3.63, 3.8) is 0 Å². The Morgan fingerprint density at radius 3 is 1.67 bits per heavy atom. The Balaban J connectivity index is 1.26. The summed E-state index contributed by atoms with van der Waals surface area (Å²) in [5.74, 6) is 1.82. The van der Waals surface area contributed by atoms with Crippen LogP contribution >= 0.6 is 0 Å². The molecule has 0 aliphatic carbocycles. The van der Waals surface area contributed by atoms with Gasteiger partial charge in [-0.25, -0.2) is 15.0 Å². The predicted octanol–water partition coefficient (Wildman–Crippen LogP) is 13.3. The molecule has 0 saturated carbocycles. The fraction of sp³-hybridized carbons (Fsp3) is 0.0351. The molecule has 1 aromatic heterocycles. The normalized spacial score (nSPS) is 12.7. The lowest BCUT2D eigenvalue weighted by Gasteiger charge is -2.15. The zero-order chi connectivity index (χ0) is 41.0. The average Bonchev–Trinajstić information content (AvgIpc) is 3.31. The third-order valence-corrected chi connectivity index (χ3v) is 11.1. The maximum Gasteiger partial charge on any atom is 0.164 e. The van der Waals surface area contributed by atoms with Gasteiger partial charge in [0.25, 0.3) is 0 Å². The molecule has 0 atom stereocenters. The van der Waals surface area contributed by atoms with E-state index >= 15 is 0 Å². The number of aromatic nitrogens is 3. The fourth-order valence-corrected chi connectivity index (χ4v) is 8.17. The molecule has 0 spiro atoms. The van der Waals surface area contributed by atoms with Crippen molar-refractivity contribution in [3.05, 3.63) is 229 Å². The molecule has 60 heavy (non-hydrogen) atoms. The summed E-state index contributed by atoms with van der Waals surface area (Å²) in [7, 11) is 0. The van der Waals surface area contributed by atoms with Crippen LogP contribution in [0.4, 0.5) is 0 Å². The molecule has 8 aromatic carbocycles. The number of rotatable bonds is 9. The first-order valence-electron chi connectivity index (χ1n) is 20.3. The highest BCUT2D eigenvalue weighted by molar-refractivity contribution is 6.13. The molecule has 9 aromatic rings. The minimum atomic E-state index is 0.597. The van der Waals surface area contributed by atoms with Crippen LogP contribution in [0.3, 0.4) is 0 Å². The lowest BCUT2D eigenvalue weighted by molar-refractivity contribution is 1.03. The van der Waals surface area contributed by atoms with Crippen molar-refractivity contribution in [3.8, 4) is 33.9 Å². The molecule has 0 bridgehead atoms. The smallest absolute Gasteiger partial charge is 0.164 e. The zero-order valence-corrected chi connectivity index (χ0v) is 33.8. The molecular formula is C57H43N3. The van der Waals surface area contributed by atoms with Crippen LogP contribution in [-0.4, -0.2) is 15.0 Å². The number of benzene rings is 8. The van der Waals surface area contributed by atoms with Crippen LogP contribution in [0, 0.1) is 0 Å². The largest absolute Gasteiger partial charge is 0.209 e. The summed E-state index contributed by atoms with van der Waals surface area (Å²) in [6.45, 7) is 13.0. The van der Waals surface area contributed by atoms with Gasteiger partial charge in [-0.1, -0.05) is 189 Å². The van der Waals surface area contributed by atoms with Gasteiger partial charge in [-0.05, 0) is 120 Å². The van der Waals surface area contributed by atoms with E-state index in [1.165, 1.54) is 21.4 Å². The first-order chi connectivity index (χ1) is 29.5. The van der Waals surface area contributed by atoms with E-state index in [0.29, 0.717) is 17.5 Å². The van der Waals surface area contributed by atoms with Crippen molar-refractivity contribution in [1.82, 2.24) is 15.0 Å². The summed E-state index contributed by atoms with van der Waals surface area (Å²) >= 11 is 0. The molecule has 3 nitrogen and oxygen atoms in total. The summed E-state index contributed by atoms with van der Waals surface area (Å²) in [5.41, 5.74) is 9.07. The van der Waals surface area contributed by atoms with Crippen LogP contribution in [0.2, 0.25) is 0 Å². The summed E-state index contributed by atoms with van der Waals surface area (Å²) in [6, 6.07) is 59.3. The van der Waals surface area contributed by atoms with Crippen LogP contribution in [0.5, 0.6) is 0 Å². The maximum atomic E-state index is 5.16. The summed E-state index contributed by atoms with van der Waals surface area (Å²) in [5, 5.41) is 9.32. The number of allylic oxidation sites excluding steroid dienone is 6. The number of hydrogen-bond donors (Lipinski definition) is 0. The van der Waals surface area contributed by atoms with Gasteiger partial charge in [0.05, 0.1) is 0 Å². The quantitative estimate of drug-likeness (QED) is 0.108. The van der Waals surface area contributed by atoms with Crippen molar-refractivity contribution in [1.29, 1.82) is 0 Å². The third kappa shape index (κ3) is 7.41. The number of hydrogen-bond acceptors (Lipinski definition) is 3. The Bertz CT molecular complexity index is 3280. The molecule has 0 aliphatic rings. The Morgan fingerprint density at radius 1 is 0.500 bits per heavy atom. The molecular weight excluding hydrogens is 727 g/mol. The van der Waals surface area contributed by atoms with E-state index in [2.05, 4.69) is 178 Å². The van der Waals surface area contributed by atoms with Crippen molar-refractivity contribution in [2.75, 3.05) is 0 Å².